The maximum Gasteiger partial charge on any atom is 0.338 e. The molecule has 1 aromatic carbocycles. The molecule has 6 heteroatoms. The standard InChI is InChI=1S/C13H18N4O2/c1-3-19-13(18)9-5-4-6-10(7-9)17-12(15)8-11(14)16-2/h4-7H,3,8H2,1-2H3,(H2,14,16)(H2,15,17). The first kappa shape index (κ1) is 14.7. The Morgan fingerprint density at radius 2 is 2.05 bits per heavy atom. The first-order valence-corrected chi connectivity index (χ1v) is 5.88. The van der Waals surface area contributed by atoms with Crippen molar-refractivity contribution in [1.29, 1.82) is 0 Å². The summed E-state index contributed by atoms with van der Waals surface area (Å²) in [5.74, 6) is 0.361. The van der Waals surface area contributed by atoms with Crippen molar-refractivity contribution in [2.45, 2.75) is 13.3 Å². The van der Waals surface area contributed by atoms with E-state index < -0.39 is 0 Å². The molecule has 1 rings (SSSR count). The number of nitrogens with zero attached hydrogens (tertiary/aromatic N) is 2. The summed E-state index contributed by atoms with van der Waals surface area (Å²) in [6.07, 6.45) is 0.292. The molecule has 0 bridgehead atoms. The highest BCUT2D eigenvalue weighted by molar-refractivity contribution is 6.01. The molecular weight excluding hydrogens is 244 g/mol. The van der Waals surface area contributed by atoms with E-state index in [2.05, 4.69) is 9.98 Å². The highest BCUT2D eigenvalue weighted by Crippen LogP contribution is 2.15. The molecule has 0 aliphatic heterocycles. The quantitative estimate of drug-likeness (QED) is 0.473. The van der Waals surface area contributed by atoms with E-state index in [4.69, 9.17) is 16.2 Å². The average Bonchev–Trinajstić information content (AvgIpc) is 2.39. The molecule has 0 fully saturated rings. The highest BCUT2D eigenvalue weighted by Gasteiger charge is 2.06. The molecule has 0 heterocycles. The van der Waals surface area contributed by atoms with Crippen LogP contribution in [0.25, 0.3) is 0 Å². The van der Waals surface area contributed by atoms with Gasteiger partial charge in [-0.25, -0.2) is 9.79 Å². The number of esters is 1. The summed E-state index contributed by atoms with van der Waals surface area (Å²) in [4.78, 5) is 19.5. The Morgan fingerprint density at radius 1 is 1.32 bits per heavy atom. The summed E-state index contributed by atoms with van der Waals surface area (Å²) in [6, 6.07) is 6.74. The van der Waals surface area contributed by atoms with Crippen LogP contribution in [-0.2, 0) is 4.74 Å². The summed E-state index contributed by atoms with van der Waals surface area (Å²) >= 11 is 0. The van der Waals surface area contributed by atoms with Crippen LogP contribution < -0.4 is 11.5 Å². The third kappa shape index (κ3) is 4.79. The fourth-order valence-corrected chi connectivity index (χ4v) is 1.39. The Hall–Kier alpha value is -2.37. The number of benzene rings is 1. The zero-order valence-electron chi connectivity index (χ0n) is 11.1. The predicted molar refractivity (Wildman–Crippen MR) is 75.8 cm³/mol. The topological polar surface area (TPSA) is 103 Å². The summed E-state index contributed by atoms with van der Waals surface area (Å²) in [6.45, 7) is 2.09. The monoisotopic (exact) mass is 262 g/mol. The van der Waals surface area contributed by atoms with Crippen molar-refractivity contribution in [3.63, 3.8) is 0 Å². The molecule has 0 saturated carbocycles. The van der Waals surface area contributed by atoms with Crippen LogP contribution in [-0.4, -0.2) is 31.3 Å². The summed E-state index contributed by atoms with van der Waals surface area (Å²) in [7, 11) is 1.59. The molecule has 4 N–H and O–H groups in total. The molecule has 0 saturated heterocycles. The first-order chi connectivity index (χ1) is 9.06. The van der Waals surface area contributed by atoms with Gasteiger partial charge in [0.25, 0.3) is 0 Å². The lowest BCUT2D eigenvalue weighted by Gasteiger charge is -2.03. The second-order valence-electron chi connectivity index (χ2n) is 3.77. The van der Waals surface area contributed by atoms with Crippen LogP contribution in [0.4, 0.5) is 5.69 Å². The minimum absolute atomic E-state index is 0.292. The van der Waals surface area contributed by atoms with Crippen molar-refractivity contribution in [1.82, 2.24) is 0 Å². The van der Waals surface area contributed by atoms with Crippen LogP contribution in [0, 0.1) is 0 Å². The van der Waals surface area contributed by atoms with Gasteiger partial charge in [0, 0.05) is 7.05 Å². The lowest BCUT2D eigenvalue weighted by atomic mass is 10.2. The van der Waals surface area contributed by atoms with Crippen molar-refractivity contribution in [2.75, 3.05) is 13.7 Å². The Bertz CT molecular complexity index is 509. The molecule has 102 valence electrons. The molecule has 0 radical (unpaired) electrons. The number of hydrogen-bond acceptors (Lipinski definition) is 4. The summed E-state index contributed by atoms with van der Waals surface area (Å²) < 4.78 is 4.91. The normalized spacial score (nSPS) is 12.3. The summed E-state index contributed by atoms with van der Waals surface area (Å²) in [5.41, 5.74) is 12.3. The number of amidine groups is 2. The van der Waals surface area contributed by atoms with Crippen LogP contribution in [0.2, 0.25) is 0 Å². The van der Waals surface area contributed by atoms with Crippen LogP contribution >= 0.6 is 0 Å². The fraction of sp³-hybridized carbons (Fsp3) is 0.308. The van der Waals surface area contributed by atoms with E-state index in [0.29, 0.717) is 35.9 Å². The van der Waals surface area contributed by atoms with E-state index in [9.17, 15) is 4.79 Å². The van der Waals surface area contributed by atoms with Gasteiger partial charge in [0.1, 0.15) is 11.7 Å². The van der Waals surface area contributed by atoms with Crippen LogP contribution in [0.3, 0.4) is 0 Å². The van der Waals surface area contributed by atoms with E-state index in [0.717, 1.165) is 0 Å². The van der Waals surface area contributed by atoms with Gasteiger partial charge in [-0.15, -0.1) is 0 Å². The molecule has 6 nitrogen and oxygen atoms in total. The number of carbonyl (C=O) groups is 1. The van der Waals surface area contributed by atoms with Gasteiger partial charge in [0.05, 0.1) is 24.3 Å². The molecule has 0 unspecified atom stereocenters. The number of rotatable bonds is 5. The van der Waals surface area contributed by atoms with Gasteiger partial charge in [0.2, 0.25) is 0 Å². The number of aliphatic imine (C=N–C) groups is 2. The minimum Gasteiger partial charge on any atom is -0.462 e. The Labute approximate surface area is 112 Å². The van der Waals surface area contributed by atoms with Gasteiger partial charge in [0.15, 0.2) is 0 Å². The maximum atomic E-state index is 11.6. The lowest BCUT2D eigenvalue weighted by Crippen LogP contribution is -2.22. The molecule has 1 aromatic rings. The van der Waals surface area contributed by atoms with Gasteiger partial charge in [-0.05, 0) is 25.1 Å². The van der Waals surface area contributed by atoms with Crippen molar-refractivity contribution >= 4 is 23.3 Å². The molecule has 0 aliphatic rings. The van der Waals surface area contributed by atoms with E-state index in [1.54, 1.807) is 38.2 Å². The molecule has 0 atom stereocenters. The van der Waals surface area contributed by atoms with E-state index in [1.165, 1.54) is 0 Å². The Balaban J connectivity index is 2.87. The molecule has 19 heavy (non-hydrogen) atoms. The van der Waals surface area contributed by atoms with Crippen molar-refractivity contribution in [3.05, 3.63) is 29.8 Å². The SMILES string of the molecule is CCOC(=O)c1cccc(N=C(N)CC(N)=NC)c1. The predicted octanol–water partition coefficient (Wildman–Crippen LogP) is 1.23. The van der Waals surface area contributed by atoms with Gasteiger partial charge in [-0.3, -0.25) is 4.99 Å². The Morgan fingerprint density at radius 3 is 2.68 bits per heavy atom. The largest absolute Gasteiger partial charge is 0.462 e. The van der Waals surface area contributed by atoms with Crippen LogP contribution in [0.1, 0.15) is 23.7 Å². The number of carbonyl (C=O) groups excluding carboxylic acids is 1. The maximum absolute atomic E-state index is 11.6. The van der Waals surface area contributed by atoms with E-state index >= 15 is 0 Å². The second-order valence-corrected chi connectivity index (χ2v) is 3.77. The van der Waals surface area contributed by atoms with Crippen molar-refractivity contribution < 1.29 is 9.53 Å². The highest BCUT2D eigenvalue weighted by atomic mass is 16.5. The number of ether oxygens (including phenoxy) is 1. The first-order valence-electron chi connectivity index (χ1n) is 5.88. The third-order valence-corrected chi connectivity index (χ3v) is 2.28. The molecule has 0 amide bonds. The van der Waals surface area contributed by atoms with Crippen molar-refractivity contribution in [3.8, 4) is 0 Å². The fourth-order valence-electron chi connectivity index (χ4n) is 1.39. The Kier molecular flexibility index (Phi) is 5.53. The minimum atomic E-state index is -0.382. The van der Waals surface area contributed by atoms with E-state index in [1.807, 2.05) is 0 Å². The zero-order valence-corrected chi connectivity index (χ0v) is 11.1. The number of nitrogens with two attached hydrogens (primary N) is 2. The number of hydrogen-bond donors (Lipinski definition) is 2. The average molecular weight is 262 g/mol. The zero-order chi connectivity index (χ0) is 14.3. The van der Waals surface area contributed by atoms with Gasteiger partial charge in [-0.1, -0.05) is 6.07 Å². The van der Waals surface area contributed by atoms with Gasteiger partial charge < -0.3 is 16.2 Å². The van der Waals surface area contributed by atoms with Gasteiger partial charge in [-0.2, -0.15) is 0 Å². The molecule has 0 aliphatic carbocycles. The molecular formula is C13H18N4O2. The smallest absolute Gasteiger partial charge is 0.338 e. The summed E-state index contributed by atoms with van der Waals surface area (Å²) in [5, 5.41) is 0. The third-order valence-electron chi connectivity index (χ3n) is 2.28. The van der Waals surface area contributed by atoms with Crippen LogP contribution in [0.15, 0.2) is 34.3 Å². The van der Waals surface area contributed by atoms with Crippen molar-refractivity contribution in [2.24, 2.45) is 21.5 Å². The lowest BCUT2D eigenvalue weighted by molar-refractivity contribution is 0.0526. The second kappa shape index (κ2) is 7.15. The van der Waals surface area contributed by atoms with Crippen LogP contribution in [0.5, 0.6) is 0 Å². The molecule has 0 aromatic heterocycles. The van der Waals surface area contributed by atoms with E-state index in [-0.39, 0.29) is 5.97 Å². The molecule has 0 spiro atoms. The van der Waals surface area contributed by atoms with Gasteiger partial charge >= 0.3 is 5.97 Å².